The average Bonchev–Trinajstić information content (AvgIpc) is 2.48. The van der Waals surface area contributed by atoms with Crippen LogP contribution in [0.4, 0.5) is 0 Å². The molecular weight excluding hydrogens is 234 g/mol. The molecule has 0 fully saturated rings. The Morgan fingerprint density at radius 2 is 2.31 bits per heavy atom. The molecule has 0 aromatic heterocycles. The van der Waals surface area contributed by atoms with Gasteiger partial charge in [0.2, 0.25) is 0 Å². The van der Waals surface area contributed by atoms with Crippen molar-refractivity contribution >= 4 is 21.6 Å². The largest absolute Gasteiger partial charge is 0.486 e. The molecule has 2 rings (SSSR count). The molecule has 0 aliphatic carbocycles. The fourth-order valence-corrected chi connectivity index (χ4v) is 1.65. The highest BCUT2D eigenvalue weighted by molar-refractivity contribution is 9.10. The van der Waals surface area contributed by atoms with Gasteiger partial charge in [0.15, 0.2) is 0 Å². The predicted molar refractivity (Wildman–Crippen MR) is 52.7 cm³/mol. The lowest BCUT2D eigenvalue weighted by Gasteiger charge is -2.01. The molecule has 0 amide bonds. The van der Waals surface area contributed by atoms with Crippen LogP contribution in [0.3, 0.4) is 0 Å². The Balaban J connectivity index is 2.60. The number of ether oxygens (including phenoxy) is 1. The molecule has 1 aromatic rings. The first-order valence-corrected chi connectivity index (χ1v) is 4.66. The summed E-state index contributed by atoms with van der Waals surface area (Å²) >= 11 is 3.41. The summed E-state index contributed by atoms with van der Waals surface area (Å²) in [5.41, 5.74) is 2.55. The summed E-state index contributed by atoms with van der Waals surface area (Å²) in [6.45, 7) is 2.34. The molecule has 0 bridgehead atoms. The van der Waals surface area contributed by atoms with Crippen LogP contribution < -0.4 is 4.74 Å². The van der Waals surface area contributed by atoms with E-state index in [2.05, 4.69) is 21.1 Å². The molecule has 13 heavy (non-hydrogen) atoms. The average molecular weight is 242 g/mol. The highest BCUT2D eigenvalue weighted by Gasteiger charge is 2.20. The van der Waals surface area contributed by atoms with Gasteiger partial charge < -0.3 is 9.94 Å². The lowest BCUT2D eigenvalue weighted by molar-refractivity contribution is 0.313. The number of rotatable bonds is 0. The minimum absolute atomic E-state index is 0.349. The Kier molecular flexibility index (Phi) is 2.00. The van der Waals surface area contributed by atoms with Crippen LogP contribution in [0.25, 0.3) is 0 Å². The third-order valence-electron chi connectivity index (χ3n) is 2.06. The Bertz CT molecular complexity index is 387. The summed E-state index contributed by atoms with van der Waals surface area (Å²) in [6.07, 6.45) is 0. The van der Waals surface area contributed by atoms with Gasteiger partial charge >= 0.3 is 0 Å². The number of oxime groups is 1. The number of fused-ring (bicyclic) bond motifs is 1. The van der Waals surface area contributed by atoms with Crippen LogP contribution in [0.1, 0.15) is 11.1 Å². The van der Waals surface area contributed by atoms with Crippen molar-refractivity contribution in [2.75, 3.05) is 6.61 Å². The minimum Gasteiger partial charge on any atom is -0.486 e. The number of benzene rings is 1. The van der Waals surface area contributed by atoms with Crippen molar-refractivity contribution in [3.05, 3.63) is 27.7 Å². The first-order valence-electron chi connectivity index (χ1n) is 3.86. The maximum atomic E-state index is 8.67. The summed E-state index contributed by atoms with van der Waals surface area (Å²) in [7, 11) is 0. The van der Waals surface area contributed by atoms with Crippen LogP contribution in [-0.2, 0) is 0 Å². The molecule has 1 heterocycles. The van der Waals surface area contributed by atoms with Gasteiger partial charge in [-0.15, -0.1) is 0 Å². The van der Waals surface area contributed by atoms with Crippen molar-refractivity contribution in [2.24, 2.45) is 5.16 Å². The van der Waals surface area contributed by atoms with Crippen molar-refractivity contribution in [3.8, 4) is 5.75 Å². The lowest BCUT2D eigenvalue weighted by Crippen LogP contribution is -2.01. The molecule has 0 unspecified atom stereocenters. The van der Waals surface area contributed by atoms with E-state index >= 15 is 0 Å². The summed E-state index contributed by atoms with van der Waals surface area (Å²) in [4.78, 5) is 0. The molecule has 1 N–H and O–H groups in total. The van der Waals surface area contributed by atoms with Gasteiger partial charge in [-0.25, -0.2) is 0 Å². The van der Waals surface area contributed by atoms with Crippen molar-refractivity contribution in [2.45, 2.75) is 6.92 Å². The third kappa shape index (κ3) is 1.31. The molecule has 68 valence electrons. The fraction of sp³-hybridized carbons (Fsp3) is 0.222. The SMILES string of the molecule is Cc1cc2c(cc1Br)C(=NO)CO2. The van der Waals surface area contributed by atoms with E-state index in [1.165, 1.54) is 0 Å². The van der Waals surface area contributed by atoms with E-state index < -0.39 is 0 Å². The van der Waals surface area contributed by atoms with Gasteiger partial charge in [0.05, 0.1) is 0 Å². The van der Waals surface area contributed by atoms with E-state index in [1.54, 1.807) is 0 Å². The second-order valence-corrected chi connectivity index (χ2v) is 3.79. The molecule has 3 nitrogen and oxygen atoms in total. The summed E-state index contributed by atoms with van der Waals surface area (Å²) in [5, 5.41) is 11.8. The number of nitrogens with zero attached hydrogens (tertiary/aromatic N) is 1. The normalized spacial score (nSPS) is 17.2. The molecule has 4 heteroatoms. The number of hydrogen-bond acceptors (Lipinski definition) is 3. The molecule has 1 aliphatic heterocycles. The van der Waals surface area contributed by atoms with E-state index in [0.29, 0.717) is 12.3 Å². The molecular formula is C9H8BrNO2. The molecule has 1 aromatic carbocycles. The summed E-state index contributed by atoms with van der Waals surface area (Å²) in [5.74, 6) is 0.786. The van der Waals surface area contributed by atoms with E-state index in [-0.39, 0.29) is 0 Å². The summed E-state index contributed by atoms with van der Waals surface area (Å²) in [6, 6.07) is 3.84. The maximum absolute atomic E-state index is 8.67. The standard InChI is InChI=1S/C9H8BrNO2/c1-5-2-9-6(3-7(5)10)8(11-12)4-13-9/h2-3,12H,4H2,1H3. The first kappa shape index (κ1) is 8.56. The van der Waals surface area contributed by atoms with Crippen LogP contribution in [0.2, 0.25) is 0 Å². The van der Waals surface area contributed by atoms with Gasteiger partial charge in [0, 0.05) is 10.0 Å². The first-order chi connectivity index (χ1) is 6.22. The molecule has 0 radical (unpaired) electrons. The smallest absolute Gasteiger partial charge is 0.134 e. The number of halogens is 1. The van der Waals surface area contributed by atoms with Gasteiger partial charge in [0.25, 0.3) is 0 Å². The highest BCUT2D eigenvalue weighted by Crippen LogP contribution is 2.31. The second kappa shape index (κ2) is 3.03. The topological polar surface area (TPSA) is 41.8 Å². The van der Waals surface area contributed by atoms with Crippen LogP contribution in [0.5, 0.6) is 5.75 Å². The van der Waals surface area contributed by atoms with E-state index in [0.717, 1.165) is 21.3 Å². The van der Waals surface area contributed by atoms with Gasteiger partial charge in [-0.3, -0.25) is 0 Å². The van der Waals surface area contributed by atoms with Crippen molar-refractivity contribution in [1.82, 2.24) is 0 Å². The van der Waals surface area contributed by atoms with E-state index in [4.69, 9.17) is 9.94 Å². The lowest BCUT2D eigenvalue weighted by atomic mass is 10.1. The Hall–Kier alpha value is -1.03. The monoisotopic (exact) mass is 241 g/mol. The van der Waals surface area contributed by atoms with Gasteiger partial charge in [-0.2, -0.15) is 0 Å². The predicted octanol–water partition coefficient (Wildman–Crippen LogP) is 2.33. The van der Waals surface area contributed by atoms with Gasteiger partial charge in [0.1, 0.15) is 18.1 Å². The minimum atomic E-state index is 0.349. The number of aryl methyl sites for hydroxylation is 1. The van der Waals surface area contributed by atoms with Gasteiger partial charge in [-0.05, 0) is 24.6 Å². The van der Waals surface area contributed by atoms with Crippen molar-refractivity contribution < 1.29 is 9.94 Å². The zero-order chi connectivity index (χ0) is 9.42. The van der Waals surface area contributed by atoms with Crippen LogP contribution in [-0.4, -0.2) is 17.5 Å². The van der Waals surface area contributed by atoms with E-state index in [1.807, 2.05) is 19.1 Å². The zero-order valence-electron chi connectivity index (χ0n) is 7.04. The molecule has 0 saturated carbocycles. The third-order valence-corrected chi connectivity index (χ3v) is 2.91. The van der Waals surface area contributed by atoms with Crippen LogP contribution in [0.15, 0.2) is 21.8 Å². The van der Waals surface area contributed by atoms with Crippen molar-refractivity contribution in [3.63, 3.8) is 0 Å². The zero-order valence-corrected chi connectivity index (χ0v) is 8.63. The molecule has 0 atom stereocenters. The molecule has 1 aliphatic rings. The fourth-order valence-electron chi connectivity index (χ4n) is 1.31. The quantitative estimate of drug-likeness (QED) is 0.560. The second-order valence-electron chi connectivity index (χ2n) is 2.93. The highest BCUT2D eigenvalue weighted by atomic mass is 79.9. The van der Waals surface area contributed by atoms with Crippen LogP contribution in [0, 0.1) is 6.92 Å². The Morgan fingerprint density at radius 3 is 3.00 bits per heavy atom. The maximum Gasteiger partial charge on any atom is 0.134 e. The van der Waals surface area contributed by atoms with Gasteiger partial charge in [-0.1, -0.05) is 21.1 Å². The van der Waals surface area contributed by atoms with Crippen molar-refractivity contribution in [1.29, 1.82) is 0 Å². The number of hydrogen-bond donors (Lipinski definition) is 1. The molecule has 0 spiro atoms. The Labute approximate surface area is 84.1 Å². The summed E-state index contributed by atoms with van der Waals surface area (Å²) < 4.78 is 6.32. The van der Waals surface area contributed by atoms with Crippen LogP contribution >= 0.6 is 15.9 Å². The Morgan fingerprint density at radius 1 is 1.54 bits per heavy atom. The van der Waals surface area contributed by atoms with E-state index in [9.17, 15) is 0 Å². The molecule has 0 saturated heterocycles.